The zero-order valence-corrected chi connectivity index (χ0v) is 9.04. The van der Waals surface area contributed by atoms with Crippen molar-refractivity contribution in [2.75, 3.05) is 7.11 Å². The molecule has 2 nitrogen and oxygen atoms in total. The predicted octanol–water partition coefficient (Wildman–Crippen LogP) is 2.05. The van der Waals surface area contributed by atoms with Gasteiger partial charge in [0.05, 0.1) is 11.7 Å². The summed E-state index contributed by atoms with van der Waals surface area (Å²) in [5.41, 5.74) is -1.07. The van der Waals surface area contributed by atoms with E-state index in [0.717, 1.165) is 0 Å². The van der Waals surface area contributed by atoms with Crippen molar-refractivity contribution < 1.29 is 18.6 Å². The van der Waals surface area contributed by atoms with Gasteiger partial charge >= 0.3 is 0 Å². The Morgan fingerprint density at radius 3 is 2.44 bits per heavy atom. The summed E-state index contributed by atoms with van der Waals surface area (Å²) < 4.78 is 31.7. The second-order valence-corrected chi connectivity index (χ2v) is 4.37. The van der Waals surface area contributed by atoms with Gasteiger partial charge < -0.3 is 9.84 Å². The molecule has 4 heteroatoms. The second kappa shape index (κ2) is 4.11. The number of rotatable bonds is 3. The molecule has 0 spiro atoms. The van der Waals surface area contributed by atoms with Crippen molar-refractivity contribution in [1.82, 2.24) is 0 Å². The van der Waals surface area contributed by atoms with Crippen LogP contribution in [0, 0.1) is 11.6 Å². The Kier molecular flexibility index (Phi) is 2.95. The second-order valence-electron chi connectivity index (χ2n) is 4.37. The first kappa shape index (κ1) is 11.5. The largest absolute Gasteiger partial charge is 0.389 e. The maximum absolute atomic E-state index is 13.3. The summed E-state index contributed by atoms with van der Waals surface area (Å²) in [6, 6.07) is 3.72. The Morgan fingerprint density at radius 1 is 1.38 bits per heavy atom. The fraction of sp³-hybridized carbons (Fsp3) is 0.500. The highest BCUT2D eigenvalue weighted by molar-refractivity contribution is 5.22. The third kappa shape index (κ3) is 2.08. The van der Waals surface area contributed by atoms with Gasteiger partial charge in [-0.05, 0) is 12.1 Å². The molecule has 16 heavy (non-hydrogen) atoms. The van der Waals surface area contributed by atoms with E-state index in [2.05, 4.69) is 0 Å². The lowest BCUT2D eigenvalue weighted by atomic mass is 9.73. The van der Waals surface area contributed by atoms with Gasteiger partial charge in [0.1, 0.15) is 11.6 Å². The summed E-state index contributed by atoms with van der Waals surface area (Å²) in [5.74, 6) is -1.21. The van der Waals surface area contributed by atoms with Crippen molar-refractivity contribution in [3.8, 4) is 0 Å². The van der Waals surface area contributed by atoms with Crippen molar-refractivity contribution >= 4 is 0 Å². The molecule has 0 aliphatic heterocycles. The molecule has 0 atom stereocenters. The molecule has 88 valence electrons. The van der Waals surface area contributed by atoms with Gasteiger partial charge in [-0.2, -0.15) is 0 Å². The normalized spacial score (nSPS) is 28.9. The van der Waals surface area contributed by atoms with Crippen LogP contribution in [0.5, 0.6) is 0 Å². The van der Waals surface area contributed by atoms with E-state index in [1.165, 1.54) is 18.2 Å². The van der Waals surface area contributed by atoms with Gasteiger partial charge in [0, 0.05) is 31.9 Å². The Labute approximate surface area is 92.9 Å². The van der Waals surface area contributed by atoms with Crippen molar-refractivity contribution in [3.05, 3.63) is 35.4 Å². The van der Waals surface area contributed by atoms with Crippen molar-refractivity contribution in [2.45, 2.75) is 31.0 Å². The average Bonchev–Trinajstić information content (AvgIpc) is 2.20. The van der Waals surface area contributed by atoms with Gasteiger partial charge in [0.15, 0.2) is 0 Å². The summed E-state index contributed by atoms with van der Waals surface area (Å²) in [6.45, 7) is 0. The lowest BCUT2D eigenvalue weighted by Crippen LogP contribution is -2.49. The van der Waals surface area contributed by atoms with Gasteiger partial charge in [-0.3, -0.25) is 0 Å². The molecule has 1 fully saturated rings. The van der Waals surface area contributed by atoms with Crippen LogP contribution in [0.3, 0.4) is 0 Å². The topological polar surface area (TPSA) is 29.5 Å². The SMILES string of the molecule is COC1CC(O)(Cc2c(F)cccc2F)C1. The number of halogens is 2. The number of aliphatic hydroxyl groups is 1. The molecule has 0 amide bonds. The standard InChI is InChI=1S/C12H14F2O2/c1-16-8-5-12(15,6-8)7-9-10(13)3-2-4-11(9)14/h2-4,8,15H,5-7H2,1H3. The summed E-state index contributed by atoms with van der Waals surface area (Å²) in [7, 11) is 1.56. The minimum absolute atomic E-state index is 0.000153. The van der Waals surface area contributed by atoms with Gasteiger partial charge in [0.25, 0.3) is 0 Å². The first-order valence-electron chi connectivity index (χ1n) is 5.22. The number of methoxy groups -OCH3 is 1. The number of hydrogen-bond donors (Lipinski definition) is 1. The molecule has 2 rings (SSSR count). The first-order valence-corrected chi connectivity index (χ1v) is 5.22. The van der Waals surface area contributed by atoms with Crippen LogP contribution in [-0.4, -0.2) is 23.9 Å². The Balaban J connectivity index is 2.10. The quantitative estimate of drug-likeness (QED) is 0.858. The highest BCUT2D eigenvalue weighted by Crippen LogP contribution is 2.37. The molecular formula is C12H14F2O2. The van der Waals surface area contributed by atoms with Crippen LogP contribution in [0.2, 0.25) is 0 Å². The summed E-state index contributed by atoms with van der Waals surface area (Å²) in [5, 5.41) is 10.0. The maximum Gasteiger partial charge on any atom is 0.129 e. The zero-order valence-electron chi connectivity index (χ0n) is 9.04. The molecule has 0 aromatic heterocycles. The van der Waals surface area contributed by atoms with Gasteiger partial charge in [-0.25, -0.2) is 8.78 Å². The van der Waals surface area contributed by atoms with Crippen LogP contribution in [0.15, 0.2) is 18.2 Å². The molecule has 1 saturated carbocycles. The smallest absolute Gasteiger partial charge is 0.129 e. The maximum atomic E-state index is 13.3. The Morgan fingerprint density at radius 2 is 1.94 bits per heavy atom. The third-order valence-electron chi connectivity index (χ3n) is 3.12. The number of ether oxygens (including phenoxy) is 1. The lowest BCUT2D eigenvalue weighted by molar-refractivity contribution is -0.127. The molecule has 0 saturated heterocycles. The zero-order chi connectivity index (χ0) is 11.8. The Bertz CT molecular complexity index is 366. The summed E-state index contributed by atoms with van der Waals surface area (Å²) in [6.07, 6.45) is 0.861. The van der Waals surface area contributed by atoms with Gasteiger partial charge in [-0.15, -0.1) is 0 Å². The highest BCUT2D eigenvalue weighted by atomic mass is 19.1. The number of hydrogen-bond acceptors (Lipinski definition) is 2. The van der Waals surface area contributed by atoms with Crippen LogP contribution in [0.1, 0.15) is 18.4 Å². The van der Waals surface area contributed by atoms with Gasteiger partial charge in [0.2, 0.25) is 0 Å². The van der Waals surface area contributed by atoms with E-state index >= 15 is 0 Å². The monoisotopic (exact) mass is 228 g/mol. The molecule has 1 aromatic rings. The molecule has 0 heterocycles. The van der Waals surface area contributed by atoms with E-state index in [1.807, 2.05) is 0 Å². The minimum atomic E-state index is -1.02. The fourth-order valence-corrected chi connectivity index (χ4v) is 2.13. The van der Waals surface area contributed by atoms with E-state index in [9.17, 15) is 13.9 Å². The predicted molar refractivity (Wildman–Crippen MR) is 55.0 cm³/mol. The third-order valence-corrected chi connectivity index (χ3v) is 3.12. The highest BCUT2D eigenvalue weighted by Gasteiger charge is 2.43. The first-order chi connectivity index (χ1) is 7.54. The fourth-order valence-electron chi connectivity index (χ4n) is 2.13. The van der Waals surface area contributed by atoms with Crippen LogP contribution < -0.4 is 0 Å². The molecule has 1 aliphatic rings. The van der Waals surface area contributed by atoms with Crippen LogP contribution >= 0.6 is 0 Å². The van der Waals surface area contributed by atoms with Crippen LogP contribution in [-0.2, 0) is 11.2 Å². The Hall–Kier alpha value is -1.00. The lowest BCUT2D eigenvalue weighted by Gasteiger charge is -2.42. The minimum Gasteiger partial charge on any atom is -0.389 e. The van der Waals surface area contributed by atoms with E-state index in [0.29, 0.717) is 12.8 Å². The van der Waals surface area contributed by atoms with E-state index < -0.39 is 17.2 Å². The van der Waals surface area contributed by atoms with Crippen molar-refractivity contribution in [1.29, 1.82) is 0 Å². The van der Waals surface area contributed by atoms with E-state index in [1.54, 1.807) is 7.11 Å². The average molecular weight is 228 g/mol. The summed E-state index contributed by atoms with van der Waals surface area (Å²) in [4.78, 5) is 0. The van der Waals surface area contributed by atoms with E-state index in [-0.39, 0.29) is 18.1 Å². The molecule has 1 N–H and O–H groups in total. The summed E-state index contributed by atoms with van der Waals surface area (Å²) >= 11 is 0. The van der Waals surface area contributed by atoms with E-state index in [4.69, 9.17) is 4.74 Å². The molecule has 1 aliphatic carbocycles. The number of benzene rings is 1. The van der Waals surface area contributed by atoms with Gasteiger partial charge in [-0.1, -0.05) is 6.07 Å². The van der Waals surface area contributed by atoms with Crippen molar-refractivity contribution in [3.63, 3.8) is 0 Å². The molecular weight excluding hydrogens is 214 g/mol. The van der Waals surface area contributed by atoms with Crippen molar-refractivity contribution in [2.24, 2.45) is 0 Å². The molecule has 0 bridgehead atoms. The van der Waals surface area contributed by atoms with Crippen LogP contribution in [0.25, 0.3) is 0 Å². The molecule has 0 radical (unpaired) electrons. The molecule has 1 aromatic carbocycles. The van der Waals surface area contributed by atoms with Crippen LogP contribution in [0.4, 0.5) is 8.78 Å². The molecule has 0 unspecified atom stereocenters.